The van der Waals surface area contributed by atoms with Crippen LogP contribution in [0.4, 0.5) is 0 Å². The monoisotopic (exact) mass is 202 g/mol. The van der Waals surface area contributed by atoms with Gasteiger partial charge in [-0.15, -0.1) is 0 Å². The molecule has 34 valence electrons. The molecule has 0 fully saturated rings. The minimum Gasteiger partial charge on any atom is -0.481 e. The predicted octanol–water partition coefficient (Wildman–Crippen LogP) is 0.476. The van der Waals surface area contributed by atoms with Crippen molar-refractivity contribution < 1.29 is 48.9 Å². The van der Waals surface area contributed by atoms with Gasteiger partial charge >= 0.3 is 5.97 Å². The van der Waals surface area contributed by atoms with Gasteiger partial charge in [-0.2, -0.15) is 0 Å². The molecule has 0 bridgehead atoms. The van der Waals surface area contributed by atoms with Gasteiger partial charge in [-0.05, 0) is 0 Å². The maximum atomic E-state index is 9.37. The zero-order chi connectivity index (χ0) is 4.28. The Kier molecular flexibility index (Phi) is 22.1. The molecule has 2 nitrogen and oxygen atoms in total. The molecule has 0 aromatic rings. The van der Waals surface area contributed by atoms with E-state index in [4.69, 9.17) is 5.11 Å². The first-order valence-electron chi connectivity index (χ1n) is 1.49. The van der Waals surface area contributed by atoms with Crippen molar-refractivity contribution in [3.8, 4) is 0 Å². The third-order valence-electron chi connectivity index (χ3n) is 0.302. The third-order valence-corrected chi connectivity index (χ3v) is 0.302. The third kappa shape index (κ3) is 20.2. The molecule has 0 aliphatic carbocycles. The molecular formula is C3H6O2Zn2. The Balaban J connectivity index is -0.0000000800. The van der Waals surface area contributed by atoms with Crippen LogP contribution in [0.3, 0.4) is 0 Å². The number of hydrogen-bond acceptors (Lipinski definition) is 1. The molecule has 1 N–H and O–H groups in total. The van der Waals surface area contributed by atoms with E-state index in [9.17, 15) is 4.79 Å². The minimum absolute atomic E-state index is 0. The van der Waals surface area contributed by atoms with Gasteiger partial charge in [0.25, 0.3) is 0 Å². The number of carbonyl (C=O) groups is 1. The molecule has 7 heavy (non-hydrogen) atoms. The van der Waals surface area contributed by atoms with Crippen LogP contribution in [0.5, 0.6) is 0 Å². The van der Waals surface area contributed by atoms with Gasteiger partial charge in [-0.1, -0.05) is 6.92 Å². The Labute approximate surface area is 68.2 Å². The van der Waals surface area contributed by atoms with E-state index in [1.165, 1.54) is 0 Å². The summed E-state index contributed by atoms with van der Waals surface area (Å²) in [6.07, 6.45) is 0.222. The standard InChI is InChI=1S/C3H6O2.2Zn/c1-2-3(4)5;;/h2H2,1H3,(H,4,5);;. The van der Waals surface area contributed by atoms with Crippen molar-refractivity contribution in [3.05, 3.63) is 0 Å². The molecular weight excluding hydrogens is 199 g/mol. The first-order chi connectivity index (χ1) is 2.27. The summed E-state index contributed by atoms with van der Waals surface area (Å²) in [5.74, 6) is -0.745. The average molecular weight is 205 g/mol. The van der Waals surface area contributed by atoms with Gasteiger partial charge in [-0.25, -0.2) is 0 Å². The number of aliphatic carboxylic acids is 1. The second kappa shape index (κ2) is 9.87. The Hall–Kier alpha value is 0.717. The molecule has 0 aromatic carbocycles. The average Bonchev–Trinajstić information content (AvgIpc) is 1.38. The molecule has 0 aliphatic heterocycles. The summed E-state index contributed by atoms with van der Waals surface area (Å²) in [5, 5.41) is 7.72. The molecule has 0 spiro atoms. The fourth-order valence-electron chi connectivity index (χ4n) is 0. The van der Waals surface area contributed by atoms with Gasteiger partial charge in [0.15, 0.2) is 0 Å². The van der Waals surface area contributed by atoms with Gasteiger partial charge in [0.2, 0.25) is 0 Å². The van der Waals surface area contributed by atoms with Crippen molar-refractivity contribution >= 4 is 5.97 Å². The fourth-order valence-corrected chi connectivity index (χ4v) is 0. The van der Waals surface area contributed by atoms with Crippen molar-refractivity contribution in [2.75, 3.05) is 0 Å². The van der Waals surface area contributed by atoms with E-state index >= 15 is 0 Å². The molecule has 0 aromatic heterocycles. The summed E-state index contributed by atoms with van der Waals surface area (Å²) in [6.45, 7) is 1.60. The molecule has 0 heterocycles. The minimum atomic E-state index is -0.745. The van der Waals surface area contributed by atoms with Crippen LogP contribution in [-0.2, 0) is 43.8 Å². The SMILES string of the molecule is CCC(=O)O.[Zn].[Zn]. The van der Waals surface area contributed by atoms with Crippen LogP contribution in [0.25, 0.3) is 0 Å². The maximum absolute atomic E-state index is 9.37. The molecule has 0 saturated carbocycles. The van der Waals surface area contributed by atoms with Crippen LogP contribution in [0.1, 0.15) is 13.3 Å². The summed E-state index contributed by atoms with van der Waals surface area (Å²) in [5.41, 5.74) is 0. The molecule has 0 radical (unpaired) electrons. The van der Waals surface area contributed by atoms with Crippen LogP contribution < -0.4 is 0 Å². The quantitative estimate of drug-likeness (QED) is 0.631. The predicted molar refractivity (Wildman–Crippen MR) is 17.9 cm³/mol. The first kappa shape index (κ1) is 15.6. The van der Waals surface area contributed by atoms with Gasteiger partial charge in [0, 0.05) is 45.4 Å². The van der Waals surface area contributed by atoms with Crippen molar-refractivity contribution in [2.24, 2.45) is 0 Å². The normalized spacial score (nSPS) is 5.29. The van der Waals surface area contributed by atoms with Crippen molar-refractivity contribution in [3.63, 3.8) is 0 Å². The topological polar surface area (TPSA) is 37.3 Å². The van der Waals surface area contributed by atoms with E-state index in [0.717, 1.165) is 0 Å². The van der Waals surface area contributed by atoms with E-state index in [2.05, 4.69) is 0 Å². The fraction of sp³-hybridized carbons (Fsp3) is 0.667. The summed E-state index contributed by atoms with van der Waals surface area (Å²) in [7, 11) is 0. The van der Waals surface area contributed by atoms with Gasteiger partial charge < -0.3 is 5.11 Å². The number of carboxylic acid groups (broad SMARTS) is 1. The molecule has 0 unspecified atom stereocenters. The first-order valence-corrected chi connectivity index (χ1v) is 1.49. The number of rotatable bonds is 1. The number of carboxylic acids is 1. The van der Waals surface area contributed by atoms with E-state index in [-0.39, 0.29) is 45.4 Å². The number of hydrogen-bond donors (Lipinski definition) is 1. The van der Waals surface area contributed by atoms with Crippen LogP contribution >= 0.6 is 0 Å². The van der Waals surface area contributed by atoms with E-state index in [1.54, 1.807) is 6.92 Å². The van der Waals surface area contributed by atoms with Crippen molar-refractivity contribution in [1.29, 1.82) is 0 Å². The van der Waals surface area contributed by atoms with E-state index in [1.807, 2.05) is 0 Å². The van der Waals surface area contributed by atoms with Crippen molar-refractivity contribution in [2.45, 2.75) is 13.3 Å². The van der Waals surface area contributed by atoms with Crippen LogP contribution in [0, 0.1) is 0 Å². The van der Waals surface area contributed by atoms with Gasteiger partial charge in [0.05, 0.1) is 0 Å². The largest absolute Gasteiger partial charge is 0.481 e. The summed E-state index contributed by atoms with van der Waals surface area (Å²) < 4.78 is 0. The molecule has 0 rings (SSSR count). The van der Waals surface area contributed by atoms with Crippen LogP contribution in [-0.4, -0.2) is 11.1 Å². The van der Waals surface area contributed by atoms with E-state index < -0.39 is 5.97 Å². The molecule has 0 atom stereocenters. The smallest absolute Gasteiger partial charge is 0.303 e. The van der Waals surface area contributed by atoms with Crippen LogP contribution in [0.2, 0.25) is 0 Å². The second-order valence-electron chi connectivity index (χ2n) is 0.747. The molecule has 4 heteroatoms. The van der Waals surface area contributed by atoms with Gasteiger partial charge in [0.1, 0.15) is 0 Å². The zero-order valence-corrected chi connectivity index (χ0v) is 10.4. The Morgan fingerprint density at radius 2 is 1.71 bits per heavy atom. The Bertz CT molecular complexity index is 46.2. The van der Waals surface area contributed by atoms with Gasteiger partial charge in [-0.3, -0.25) is 4.79 Å². The Morgan fingerprint density at radius 1 is 1.57 bits per heavy atom. The molecule has 0 aliphatic rings. The van der Waals surface area contributed by atoms with Crippen molar-refractivity contribution in [1.82, 2.24) is 0 Å². The summed E-state index contributed by atoms with van der Waals surface area (Å²) in [4.78, 5) is 9.37. The summed E-state index contributed by atoms with van der Waals surface area (Å²) >= 11 is 0. The molecule has 0 amide bonds. The van der Waals surface area contributed by atoms with E-state index in [0.29, 0.717) is 0 Å². The second-order valence-corrected chi connectivity index (χ2v) is 0.747. The molecule has 0 saturated heterocycles. The maximum Gasteiger partial charge on any atom is 0.303 e. The Morgan fingerprint density at radius 3 is 1.71 bits per heavy atom. The summed E-state index contributed by atoms with van der Waals surface area (Å²) in [6, 6.07) is 0. The van der Waals surface area contributed by atoms with Crippen LogP contribution in [0.15, 0.2) is 0 Å². The zero-order valence-electron chi connectivity index (χ0n) is 4.48.